The summed E-state index contributed by atoms with van der Waals surface area (Å²) >= 11 is 0. The zero-order valence-electron chi connectivity index (χ0n) is 18.6. The van der Waals surface area contributed by atoms with Crippen molar-refractivity contribution < 1.29 is 9.59 Å². The van der Waals surface area contributed by atoms with Crippen molar-refractivity contribution in [1.82, 2.24) is 36.4 Å². The maximum atomic E-state index is 12.5. The lowest BCUT2D eigenvalue weighted by molar-refractivity contribution is -0.134. The highest BCUT2D eigenvalue weighted by Crippen LogP contribution is 2.35. The van der Waals surface area contributed by atoms with Crippen LogP contribution < -0.4 is 26.6 Å². The Balaban J connectivity index is 1.36. The molecule has 0 aromatic carbocycles. The molecule has 0 aromatic rings. The molecule has 6 atom stereocenters. The minimum absolute atomic E-state index is 0.0109. The van der Waals surface area contributed by atoms with Crippen LogP contribution in [0.15, 0.2) is 0 Å². The van der Waals surface area contributed by atoms with Gasteiger partial charge in [-0.1, -0.05) is 0 Å². The van der Waals surface area contributed by atoms with Crippen LogP contribution >= 0.6 is 0 Å². The topological polar surface area (TPSA) is 101 Å². The summed E-state index contributed by atoms with van der Waals surface area (Å²) < 4.78 is 0. The van der Waals surface area contributed by atoms with Crippen LogP contribution in [0.3, 0.4) is 0 Å². The lowest BCUT2D eigenvalue weighted by Crippen LogP contribution is -2.74. The van der Waals surface area contributed by atoms with E-state index in [-0.39, 0.29) is 36.2 Å². The van der Waals surface area contributed by atoms with Gasteiger partial charge in [0.05, 0.1) is 12.1 Å². The molecule has 0 aromatic heterocycles. The molecular formula is C21H39N7O2. The van der Waals surface area contributed by atoms with Gasteiger partial charge < -0.3 is 15.5 Å². The van der Waals surface area contributed by atoms with Gasteiger partial charge in [0, 0.05) is 64.8 Å². The van der Waals surface area contributed by atoms with Gasteiger partial charge in [-0.15, -0.1) is 0 Å². The van der Waals surface area contributed by atoms with Crippen molar-refractivity contribution in [2.45, 2.75) is 70.1 Å². The normalized spacial score (nSPS) is 38.3. The number of nitrogens with zero attached hydrogens (tertiary/aromatic N) is 2. The molecule has 4 aliphatic rings. The quantitative estimate of drug-likeness (QED) is 0.381. The van der Waals surface area contributed by atoms with Crippen molar-refractivity contribution in [2.24, 2.45) is 11.8 Å². The molecule has 5 N–H and O–H groups in total. The van der Waals surface area contributed by atoms with Crippen LogP contribution in [0.25, 0.3) is 0 Å². The number of rotatable bonds is 5. The minimum atomic E-state index is -0.166. The van der Waals surface area contributed by atoms with Gasteiger partial charge in [-0.3, -0.25) is 30.4 Å². The second-order valence-electron chi connectivity index (χ2n) is 9.52. The molecule has 30 heavy (non-hydrogen) atoms. The maximum absolute atomic E-state index is 12.5. The van der Waals surface area contributed by atoms with E-state index in [0.717, 1.165) is 38.5 Å². The Morgan fingerprint density at radius 3 is 2.43 bits per heavy atom. The van der Waals surface area contributed by atoms with Gasteiger partial charge in [0.25, 0.3) is 0 Å². The summed E-state index contributed by atoms with van der Waals surface area (Å²) in [5.41, 5.74) is 0. The van der Waals surface area contributed by atoms with Crippen LogP contribution in [0, 0.1) is 11.8 Å². The number of piperazine rings is 1. The third-order valence-electron chi connectivity index (χ3n) is 7.37. The largest absolute Gasteiger partial charge is 0.359 e. The molecular weight excluding hydrogens is 382 g/mol. The fourth-order valence-electron chi connectivity index (χ4n) is 5.33. The van der Waals surface area contributed by atoms with Gasteiger partial charge in [0.2, 0.25) is 11.8 Å². The van der Waals surface area contributed by atoms with E-state index in [1.807, 2.05) is 4.90 Å². The number of carbonyl (C=O) groups is 2. The number of hydrogen-bond acceptors (Lipinski definition) is 7. The van der Waals surface area contributed by atoms with E-state index in [1.54, 1.807) is 14.0 Å². The molecule has 1 saturated carbocycles. The molecule has 9 heteroatoms. The zero-order valence-corrected chi connectivity index (χ0v) is 18.6. The van der Waals surface area contributed by atoms with Crippen molar-refractivity contribution in [3.05, 3.63) is 0 Å². The summed E-state index contributed by atoms with van der Waals surface area (Å²) in [6.45, 7) is 7.68. The molecule has 1 aliphatic carbocycles. The van der Waals surface area contributed by atoms with Gasteiger partial charge in [-0.25, -0.2) is 0 Å². The van der Waals surface area contributed by atoms with Crippen LogP contribution in [-0.2, 0) is 9.59 Å². The van der Waals surface area contributed by atoms with Crippen LogP contribution in [0.2, 0.25) is 0 Å². The first-order valence-electron chi connectivity index (χ1n) is 11.7. The Kier molecular flexibility index (Phi) is 6.94. The number of hydrogen-bond donors (Lipinski definition) is 5. The van der Waals surface area contributed by atoms with E-state index in [0.29, 0.717) is 18.6 Å². The SMILES string of the molecule is CNC(=O)C1CNC(N2CCN(C(C)=O)CC2C)NC1NC1CCC(C2CC2)NC1. The van der Waals surface area contributed by atoms with Gasteiger partial charge in [-0.05, 0) is 38.5 Å². The summed E-state index contributed by atoms with van der Waals surface area (Å²) in [5.74, 6) is 0.918. The molecule has 3 heterocycles. The zero-order chi connectivity index (χ0) is 21.3. The van der Waals surface area contributed by atoms with E-state index in [4.69, 9.17) is 0 Å². The number of amides is 2. The monoisotopic (exact) mass is 421 g/mol. The molecule has 6 unspecified atom stereocenters. The third-order valence-corrected chi connectivity index (χ3v) is 7.37. The molecule has 0 spiro atoms. The van der Waals surface area contributed by atoms with Gasteiger partial charge in [0.15, 0.2) is 0 Å². The molecule has 3 aliphatic heterocycles. The van der Waals surface area contributed by atoms with Crippen LogP contribution in [-0.4, -0.2) is 92.0 Å². The molecule has 9 nitrogen and oxygen atoms in total. The highest BCUT2D eigenvalue weighted by atomic mass is 16.2. The summed E-state index contributed by atoms with van der Waals surface area (Å²) in [5, 5.41) is 17.5. The Morgan fingerprint density at radius 2 is 1.83 bits per heavy atom. The van der Waals surface area contributed by atoms with Gasteiger partial charge in [0.1, 0.15) is 6.29 Å². The Hall–Kier alpha value is -1.26. The molecule has 3 saturated heterocycles. The highest BCUT2D eigenvalue weighted by molar-refractivity contribution is 5.79. The van der Waals surface area contributed by atoms with E-state index in [2.05, 4.69) is 38.4 Å². The van der Waals surface area contributed by atoms with Crippen molar-refractivity contribution in [3.8, 4) is 0 Å². The highest BCUT2D eigenvalue weighted by Gasteiger charge is 2.40. The number of nitrogens with one attached hydrogen (secondary N) is 5. The lowest BCUT2D eigenvalue weighted by atomic mass is 9.95. The standard InChI is InChI=1S/C21H39N7O2/c1-13-12-27(14(2)29)8-9-28(13)21-24-11-17(20(30)22-3)19(26-21)25-16-6-7-18(23-10-16)15-4-5-15/h13,15-19,21,23-26H,4-12H2,1-3H3,(H,22,30). The van der Waals surface area contributed by atoms with Crippen molar-refractivity contribution in [3.63, 3.8) is 0 Å². The maximum Gasteiger partial charge on any atom is 0.227 e. The molecule has 170 valence electrons. The smallest absolute Gasteiger partial charge is 0.227 e. The minimum Gasteiger partial charge on any atom is -0.359 e. The van der Waals surface area contributed by atoms with Crippen LogP contribution in [0.5, 0.6) is 0 Å². The van der Waals surface area contributed by atoms with Crippen LogP contribution in [0.4, 0.5) is 0 Å². The predicted molar refractivity (Wildman–Crippen MR) is 115 cm³/mol. The predicted octanol–water partition coefficient (Wildman–Crippen LogP) is -1.18. The molecule has 4 rings (SSSR count). The average molecular weight is 422 g/mol. The molecule has 2 amide bonds. The third kappa shape index (κ3) is 4.96. The second-order valence-corrected chi connectivity index (χ2v) is 9.52. The fourth-order valence-corrected chi connectivity index (χ4v) is 5.33. The Bertz CT molecular complexity index is 620. The summed E-state index contributed by atoms with van der Waals surface area (Å²) in [6.07, 6.45) is 5.02. The number of carbonyl (C=O) groups excluding carboxylic acids is 2. The van der Waals surface area contributed by atoms with E-state index < -0.39 is 0 Å². The molecule has 0 radical (unpaired) electrons. The summed E-state index contributed by atoms with van der Waals surface area (Å²) in [7, 11) is 1.71. The van der Waals surface area contributed by atoms with E-state index in [9.17, 15) is 9.59 Å². The fraction of sp³-hybridized carbons (Fsp3) is 0.905. The van der Waals surface area contributed by atoms with Crippen molar-refractivity contribution >= 4 is 11.8 Å². The average Bonchev–Trinajstić information content (AvgIpc) is 3.59. The van der Waals surface area contributed by atoms with Crippen molar-refractivity contribution in [2.75, 3.05) is 39.8 Å². The second kappa shape index (κ2) is 9.48. The summed E-state index contributed by atoms with van der Waals surface area (Å²) in [4.78, 5) is 28.6. The molecule has 0 bridgehead atoms. The Morgan fingerprint density at radius 1 is 1.03 bits per heavy atom. The Labute approximate surface area is 180 Å². The summed E-state index contributed by atoms with van der Waals surface area (Å²) in [6, 6.07) is 1.31. The first kappa shape index (κ1) is 22.0. The lowest BCUT2D eigenvalue weighted by Gasteiger charge is -2.49. The van der Waals surface area contributed by atoms with Crippen LogP contribution in [0.1, 0.15) is 39.5 Å². The first-order valence-corrected chi connectivity index (χ1v) is 11.7. The first-order chi connectivity index (χ1) is 14.5. The van der Waals surface area contributed by atoms with E-state index in [1.165, 1.54) is 19.3 Å². The van der Waals surface area contributed by atoms with Gasteiger partial charge >= 0.3 is 0 Å². The number of piperidine rings is 1. The van der Waals surface area contributed by atoms with Gasteiger partial charge in [-0.2, -0.15) is 0 Å². The van der Waals surface area contributed by atoms with E-state index >= 15 is 0 Å². The molecule has 4 fully saturated rings. The van der Waals surface area contributed by atoms with Crippen molar-refractivity contribution in [1.29, 1.82) is 0 Å².